The highest BCUT2D eigenvalue weighted by Crippen LogP contribution is 2.20. The summed E-state index contributed by atoms with van der Waals surface area (Å²) in [7, 11) is 0. The summed E-state index contributed by atoms with van der Waals surface area (Å²) in [6.07, 6.45) is 5.99. The lowest BCUT2D eigenvalue weighted by Gasteiger charge is -2.15. The molecule has 1 aliphatic heterocycles. The minimum atomic E-state index is 0.133. The Morgan fingerprint density at radius 3 is 3.15 bits per heavy atom. The first kappa shape index (κ1) is 13.1. The summed E-state index contributed by atoms with van der Waals surface area (Å²) in [6, 6.07) is 5.81. The number of pyridine rings is 1. The molecule has 2 aromatic rings. The number of aliphatic hydroxyl groups excluding tert-OH is 1. The van der Waals surface area contributed by atoms with E-state index in [1.54, 1.807) is 0 Å². The molecule has 5 nitrogen and oxygen atoms in total. The number of fused-ring (bicyclic) bond motifs is 1. The fourth-order valence-electron chi connectivity index (χ4n) is 2.82. The maximum Gasteiger partial charge on any atom is 0.228 e. The van der Waals surface area contributed by atoms with Gasteiger partial charge in [0.25, 0.3) is 0 Å². The van der Waals surface area contributed by atoms with E-state index in [4.69, 9.17) is 5.11 Å². The van der Waals surface area contributed by atoms with Gasteiger partial charge in [-0.2, -0.15) is 0 Å². The summed E-state index contributed by atoms with van der Waals surface area (Å²) >= 11 is 0. The van der Waals surface area contributed by atoms with Crippen molar-refractivity contribution in [2.24, 2.45) is 5.92 Å². The van der Waals surface area contributed by atoms with Crippen molar-refractivity contribution in [1.29, 1.82) is 0 Å². The molecule has 1 N–H and O–H groups in total. The number of carbonyl (C=O) groups excluding carboxylic acids is 1. The molecule has 1 unspecified atom stereocenters. The lowest BCUT2D eigenvalue weighted by atomic mass is 10.1. The SMILES string of the molecule is O=C(Cc1cn2ccccc2n1)N1CCC(CCO)C1. The van der Waals surface area contributed by atoms with E-state index in [1.807, 2.05) is 39.9 Å². The van der Waals surface area contributed by atoms with E-state index in [-0.39, 0.29) is 12.5 Å². The van der Waals surface area contributed by atoms with Gasteiger partial charge in [0.15, 0.2) is 0 Å². The average Bonchev–Trinajstić information content (AvgIpc) is 3.04. The number of aliphatic hydroxyl groups is 1. The van der Waals surface area contributed by atoms with Crippen LogP contribution in [-0.4, -0.2) is 45.0 Å². The molecule has 106 valence electrons. The van der Waals surface area contributed by atoms with Gasteiger partial charge in [-0.3, -0.25) is 4.79 Å². The van der Waals surface area contributed by atoms with E-state index in [0.29, 0.717) is 12.3 Å². The van der Waals surface area contributed by atoms with Crippen molar-refractivity contribution in [1.82, 2.24) is 14.3 Å². The number of rotatable bonds is 4. The van der Waals surface area contributed by atoms with Gasteiger partial charge in [-0.05, 0) is 30.9 Å². The molecule has 0 aliphatic carbocycles. The van der Waals surface area contributed by atoms with Crippen LogP contribution in [0.15, 0.2) is 30.6 Å². The molecule has 2 aromatic heterocycles. The van der Waals surface area contributed by atoms with Crippen LogP contribution in [0.4, 0.5) is 0 Å². The third kappa shape index (κ3) is 2.67. The predicted molar refractivity (Wildman–Crippen MR) is 75.3 cm³/mol. The van der Waals surface area contributed by atoms with Crippen LogP contribution in [0.1, 0.15) is 18.5 Å². The normalized spacial score (nSPS) is 18.9. The molecule has 5 heteroatoms. The Labute approximate surface area is 117 Å². The Morgan fingerprint density at radius 1 is 1.45 bits per heavy atom. The highest BCUT2D eigenvalue weighted by atomic mass is 16.3. The van der Waals surface area contributed by atoms with Crippen molar-refractivity contribution in [3.05, 3.63) is 36.3 Å². The second-order valence-electron chi connectivity index (χ2n) is 5.38. The molecule has 3 heterocycles. The van der Waals surface area contributed by atoms with Crippen LogP contribution in [0, 0.1) is 5.92 Å². The highest BCUT2D eigenvalue weighted by Gasteiger charge is 2.26. The lowest BCUT2D eigenvalue weighted by Crippen LogP contribution is -2.30. The van der Waals surface area contributed by atoms with Gasteiger partial charge in [0.1, 0.15) is 5.65 Å². The molecule has 1 saturated heterocycles. The zero-order valence-corrected chi connectivity index (χ0v) is 11.4. The van der Waals surface area contributed by atoms with E-state index < -0.39 is 0 Å². The van der Waals surface area contributed by atoms with Crippen LogP contribution in [-0.2, 0) is 11.2 Å². The molecule has 0 saturated carbocycles. The molecule has 0 radical (unpaired) electrons. The fraction of sp³-hybridized carbons (Fsp3) is 0.467. The van der Waals surface area contributed by atoms with Crippen molar-refractivity contribution in [3.63, 3.8) is 0 Å². The van der Waals surface area contributed by atoms with Gasteiger partial charge in [0.05, 0.1) is 12.1 Å². The molecule has 1 amide bonds. The molecular formula is C15H19N3O2. The number of amides is 1. The van der Waals surface area contributed by atoms with E-state index in [1.165, 1.54) is 0 Å². The summed E-state index contributed by atoms with van der Waals surface area (Å²) in [4.78, 5) is 18.6. The predicted octanol–water partition coefficient (Wildman–Crippen LogP) is 1.11. The van der Waals surface area contributed by atoms with Gasteiger partial charge < -0.3 is 14.4 Å². The van der Waals surface area contributed by atoms with Crippen molar-refractivity contribution < 1.29 is 9.90 Å². The first-order valence-corrected chi connectivity index (χ1v) is 7.07. The molecular weight excluding hydrogens is 254 g/mol. The second-order valence-corrected chi connectivity index (χ2v) is 5.38. The van der Waals surface area contributed by atoms with Crippen LogP contribution in [0.5, 0.6) is 0 Å². The van der Waals surface area contributed by atoms with Crippen molar-refractivity contribution >= 4 is 11.6 Å². The number of likely N-dealkylation sites (tertiary alicyclic amines) is 1. The van der Waals surface area contributed by atoms with E-state index in [0.717, 1.165) is 37.3 Å². The van der Waals surface area contributed by atoms with E-state index in [2.05, 4.69) is 4.98 Å². The van der Waals surface area contributed by atoms with Gasteiger partial charge in [-0.1, -0.05) is 6.07 Å². The minimum absolute atomic E-state index is 0.133. The number of hydrogen-bond donors (Lipinski definition) is 1. The Kier molecular flexibility index (Phi) is 3.69. The van der Waals surface area contributed by atoms with Gasteiger partial charge in [-0.15, -0.1) is 0 Å². The first-order chi connectivity index (χ1) is 9.76. The van der Waals surface area contributed by atoms with Gasteiger partial charge >= 0.3 is 0 Å². The van der Waals surface area contributed by atoms with Crippen molar-refractivity contribution in [2.45, 2.75) is 19.3 Å². The first-order valence-electron chi connectivity index (χ1n) is 7.07. The summed E-state index contributed by atoms with van der Waals surface area (Å²) in [5.41, 5.74) is 1.68. The fourth-order valence-corrected chi connectivity index (χ4v) is 2.82. The molecule has 1 aliphatic rings. The molecule has 0 bridgehead atoms. The maximum atomic E-state index is 12.3. The van der Waals surface area contributed by atoms with Crippen LogP contribution in [0.2, 0.25) is 0 Å². The monoisotopic (exact) mass is 273 g/mol. The van der Waals surface area contributed by atoms with Crippen molar-refractivity contribution in [3.8, 4) is 0 Å². The van der Waals surface area contributed by atoms with Crippen LogP contribution in [0.3, 0.4) is 0 Å². The zero-order chi connectivity index (χ0) is 13.9. The van der Waals surface area contributed by atoms with Crippen LogP contribution < -0.4 is 0 Å². The molecule has 20 heavy (non-hydrogen) atoms. The summed E-state index contributed by atoms with van der Waals surface area (Å²) in [5.74, 6) is 0.582. The topological polar surface area (TPSA) is 57.8 Å². The Hall–Kier alpha value is -1.88. The minimum Gasteiger partial charge on any atom is -0.396 e. The van der Waals surface area contributed by atoms with E-state index in [9.17, 15) is 4.79 Å². The third-order valence-electron chi connectivity index (χ3n) is 3.92. The maximum absolute atomic E-state index is 12.3. The molecule has 1 atom stereocenters. The third-order valence-corrected chi connectivity index (χ3v) is 3.92. The Bertz CT molecular complexity index is 575. The zero-order valence-electron chi connectivity index (χ0n) is 11.4. The average molecular weight is 273 g/mol. The standard InChI is InChI=1S/C15H19N3O2/c19-8-5-12-4-7-18(10-12)15(20)9-13-11-17-6-2-1-3-14(17)16-13/h1-3,6,11-12,19H,4-5,7-10H2. The Morgan fingerprint density at radius 2 is 2.35 bits per heavy atom. The Balaban J connectivity index is 1.64. The van der Waals surface area contributed by atoms with Crippen molar-refractivity contribution in [2.75, 3.05) is 19.7 Å². The van der Waals surface area contributed by atoms with Crippen LogP contribution >= 0.6 is 0 Å². The summed E-state index contributed by atoms with van der Waals surface area (Å²) in [5, 5.41) is 8.95. The molecule has 0 aromatic carbocycles. The number of imidazole rings is 1. The second kappa shape index (κ2) is 5.63. The number of aromatic nitrogens is 2. The molecule has 3 rings (SSSR count). The summed E-state index contributed by atoms with van der Waals surface area (Å²) < 4.78 is 1.93. The van der Waals surface area contributed by atoms with Gasteiger partial charge in [-0.25, -0.2) is 4.98 Å². The number of carbonyl (C=O) groups is 1. The largest absolute Gasteiger partial charge is 0.396 e. The molecule has 0 spiro atoms. The quantitative estimate of drug-likeness (QED) is 0.908. The smallest absolute Gasteiger partial charge is 0.228 e. The highest BCUT2D eigenvalue weighted by molar-refractivity contribution is 5.78. The van der Waals surface area contributed by atoms with Gasteiger partial charge in [0.2, 0.25) is 5.91 Å². The number of nitrogens with zero attached hydrogens (tertiary/aromatic N) is 3. The summed E-state index contributed by atoms with van der Waals surface area (Å²) in [6.45, 7) is 1.78. The number of hydrogen-bond acceptors (Lipinski definition) is 3. The lowest BCUT2D eigenvalue weighted by molar-refractivity contribution is -0.129. The molecule has 1 fully saturated rings. The van der Waals surface area contributed by atoms with E-state index >= 15 is 0 Å². The van der Waals surface area contributed by atoms with Gasteiger partial charge in [0, 0.05) is 32.1 Å². The van der Waals surface area contributed by atoms with Crippen LogP contribution in [0.25, 0.3) is 5.65 Å².